The van der Waals surface area contributed by atoms with E-state index in [1.54, 1.807) is 48.5 Å². The second-order valence-corrected chi connectivity index (χ2v) is 27.0. The van der Waals surface area contributed by atoms with Crippen LogP contribution in [0.1, 0.15) is 0 Å². The van der Waals surface area contributed by atoms with Crippen molar-refractivity contribution < 1.29 is 75.1 Å². The van der Waals surface area contributed by atoms with E-state index >= 15 is 0 Å². The largest absolute Gasteiger partial charge is 0.505 e. The molecule has 0 aliphatic heterocycles. The van der Waals surface area contributed by atoms with E-state index in [-0.39, 0.29) is 54.7 Å². The maximum atomic E-state index is 12.8. The zero-order chi connectivity index (χ0) is 64.4. The Balaban J connectivity index is 0.855. The summed E-state index contributed by atoms with van der Waals surface area (Å²) in [5, 5.41) is 51.2. The minimum atomic E-state index is -5.29. The minimum Gasteiger partial charge on any atom is -0.505 e. The number of fused-ring (bicyclic) bond motifs is 4. The van der Waals surface area contributed by atoms with Gasteiger partial charge >= 0.3 is 0 Å². The number of phenolic OH excluding ortho intramolecular Hbond substituents is 2. The second-order valence-electron chi connectivity index (χ2n) is 19.2. The van der Waals surface area contributed by atoms with Gasteiger partial charge in [-0.3, -0.25) is 22.8 Å². The smallest absolute Gasteiger partial charge is 0.297 e. The average molecular weight is 1360 g/mol. The number of phenols is 2. The van der Waals surface area contributed by atoms with Crippen LogP contribution in [-0.2, 0) is 50.6 Å². The van der Waals surface area contributed by atoms with Crippen molar-refractivity contribution in [2.75, 3.05) is 21.3 Å². The molecule has 10 aromatic carbocycles. The maximum absolute atomic E-state index is 12.8. The SMILES string of the molecule is O=S(=O)(O)c1cc(Nc2nc(Cl)nc(Nc3ccc(Nc4cc(Cl)cc(Nc5cccc6cc(S(=O)(=O)O)c(N=Nc7ccc8ccccc8c7S(=O)(=O)O)c(O)c56)c4)cc3)n2)c2c(O)c(N=Nc3ccc4c(S(=O)(=O)O)cccc4c3)c(S(=O)(=O)O)cc2c1. The number of azo groups is 2. The third-order valence-corrected chi connectivity index (χ3v) is 18.1. The number of hydrogen-bond donors (Lipinski definition) is 11. The summed E-state index contributed by atoms with van der Waals surface area (Å²) >= 11 is 12.9. The molecule has 0 saturated heterocycles. The van der Waals surface area contributed by atoms with Gasteiger partial charge < -0.3 is 31.5 Å². The van der Waals surface area contributed by atoms with Gasteiger partial charge in [-0.25, -0.2) is 0 Å². The lowest BCUT2D eigenvalue weighted by atomic mass is 10.1. The molecule has 0 saturated carbocycles. The number of nitrogens with zero attached hydrogens (tertiary/aromatic N) is 7. The van der Waals surface area contributed by atoms with Crippen LogP contribution >= 0.6 is 23.2 Å². The summed E-state index contributed by atoms with van der Waals surface area (Å²) in [7, 11) is -25.1. The van der Waals surface area contributed by atoms with E-state index in [9.17, 15) is 75.1 Å². The number of anilines is 8. The first kappa shape index (κ1) is 62.0. The Morgan fingerprint density at radius 1 is 0.389 bits per heavy atom. The molecular formula is C55H37Cl2N11O17S5. The normalized spacial score (nSPS) is 12.6. The number of halogens is 2. The van der Waals surface area contributed by atoms with Gasteiger partial charge in [-0.1, -0.05) is 72.3 Å². The molecule has 458 valence electrons. The number of benzene rings is 10. The van der Waals surface area contributed by atoms with Gasteiger partial charge in [-0.2, -0.15) is 62.2 Å². The Hall–Kier alpha value is -9.62. The molecule has 0 amide bonds. The van der Waals surface area contributed by atoms with Crippen molar-refractivity contribution in [3.8, 4) is 11.5 Å². The first-order valence-electron chi connectivity index (χ1n) is 25.1. The third-order valence-electron chi connectivity index (χ3n) is 13.3. The second kappa shape index (κ2) is 23.4. The van der Waals surface area contributed by atoms with Gasteiger partial charge in [0, 0.05) is 49.3 Å². The summed E-state index contributed by atoms with van der Waals surface area (Å²) in [5.74, 6) is -2.40. The van der Waals surface area contributed by atoms with Crippen molar-refractivity contribution in [3.63, 3.8) is 0 Å². The van der Waals surface area contributed by atoms with E-state index in [1.165, 1.54) is 78.9 Å². The molecule has 35 heteroatoms. The van der Waals surface area contributed by atoms with Crippen molar-refractivity contribution in [2.45, 2.75) is 24.5 Å². The topological polar surface area (TPSA) is 449 Å². The molecule has 90 heavy (non-hydrogen) atoms. The monoisotopic (exact) mass is 1350 g/mol. The Labute approximate surface area is 518 Å². The van der Waals surface area contributed by atoms with Crippen LogP contribution in [0.4, 0.5) is 68.8 Å². The van der Waals surface area contributed by atoms with Crippen molar-refractivity contribution >= 4 is 186 Å². The summed E-state index contributed by atoms with van der Waals surface area (Å²) in [6, 6.07) is 35.8. The van der Waals surface area contributed by atoms with Crippen LogP contribution in [0.5, 0.6) is 11.5 Å². The van der Waals surface area contributed by atoms with Crippen LogP contribution in [0, 0.1) is 0 Å². The zero-order valence-electron chi connectivity index (χ0n) is 44.7. The van der Waals surface area contributed by atoms with Crippen LogP contribution in [0.15, 0.2) is 203 Å². The molecule has 0 spiro atoms. The van der Waals surface area contributed by atoms with Gasteiger partial charge in [0.2, 0.25) is 17.2 Å². The number of aromatic hydroxyl groups is 2. The molecule has 11 N–H and O–H groups in total. The summed E-state index contributed by atoms with van der Waals surface area (Å²) in [6.07, 6.45) is 0. The summed E-state index contributed by atoms with van der Waals surface area (Å²) in [5.41, 5.74) is -0.660. The fourth-order valence-electron chi connectivity index (χ4n) is 9.52. The first-order valence-corrected chi connectivity index (χ1v) is 33.1. The van der Waals surface area contributed by atoms with Crippen LogP contribution in [0.2, 0.25) is 10.3 Å². The molecule has 0 atom stereocenters. The summed E-state index contributed by atoms with van der Waals surface area (Å²) in [6.45, 7) is 0. The van der Waals surface area contributed by atoms with E-state index in [2.05, 4.69) is 56.7 Å². The van der Waals surface area contributed by atoms with Crippen LogP contribution in [-0.4, -0.2) is 90.0 Å². The fourth-order valence-corrected chi connectivity index (χ4v) is 13.3. The number of nitrogens with one attached hydrogen (secondary N) is 4. The maximum Gasteiger partial charge on any atom is 0.297 e. The summed E-state index contributed by atoms with van der Waals surface area (Å²) in [4.78, 5) is 8.61. The molecule has 11 rings (SSSR count). The molecule has 11 aromatic rings. The van der Waals surface area contributed by atoms with Gasteiger partial charge in [0.15, 0.2) is 11.5 Å². The van der Waals surface area contributed by atoms with E-state index in [4.69, 9.17) is 23.2 Å². The van der Waals surface area contributed by atoms with E-state index < -0.39 is 126 Å². The zero-order valence-corrected chi connectivity index (χ0v) is 50.2. The Morgan fingerprint density at radius 2 is 0.956 bits per heavy atom. The van der Waals surface area contributed by atoms with Gasteiger partial charge in [0.1, 0.15) is 36.6 Å². The predicted octanol–water partition coefficient (Wildman–Crippen LogP) is 13.2. The molecule has 1 heterocycles. The highest BCUT2D eigenvalue weighted by Crippen LogP contribution is 2.48. The molecular weight excluding hydrogens is 1320 g/mol. The number of aromatic nitrogens is 3. The lowest BCUT2D eigenvalue weighted by Crippen LogP contribution is -2.06. The Kier molecular flexibility index (Phi) is 16.1. The highest BCUT2D eigenvalue weighted by atomic mass is 35.5. The highest BCUT2D eigenvalue weighted by Gasteiger charge is 2.28. The van der Waals surface area contributed by atoms with Crippen LogP contribution < -0.4 is 21.3 Å². The van der Waals surface area contributed by atoms with Gasteiger partial charge in [-0.15, -0.1) is 15.3 Å². The van der Waals surface area contributed by atoms with Crippen molar-refractivity contribution in [1.82, 2.24) is 15.0 Å². The molecule has 0 bridgehead atoms. The molecule has 0 aliphatic rings. The number of rotatable bonds is 17. The molecule has 0 aliphatic carbocycles. The van der Waals surface area contributed by atoms with Crippen LogP contribution in [0.3, 0.4) is 0 Å². The van der Waals surface area contributed by atoms with Crippen molar-refractivity contribution in [2.24, 2.45) is 20.5 Å². The van der Waals surface area contributed by atoms with Crippen molar-refractivity contribution in [3.05, 3.63) is 168 Å². The fraction of sp³-hybridized carbons (Fsp3) is 0. The van der Waals surface area contributed by atoms with Gasteiger partial charge in [0.25, 0.3) is 50.6 Å². The van der Waals surface area contributed by atoms with Crippen molar-refractivity contribution in [1.29, 1.82) is 0 Å². The molecule has 0 unspecified atom stereocenters. The third kappa shape index (κ3) is 13.1. The van der Waals surface area contributed by atoms with Crippen LogP contribution in [0.25, 0.3) is 43.1 Å². The lowest BCUT2D eigenvalue weighted by molar-refractivity contribution is 0.471. The minimum absolute atomic E-state index is 0.0126. The van der Waals surface area contributed by atoms with Gasteiger partial charge in [-0.05, 0) is 130 Å². The Bertz CT molecular complexity index is 5540. The van der Waals surface area contributed by atoms with E-state index in [0.717, 1.165) is 30.3 Å². The Morgan fingerprint density at radius 3 is 1.60 bits per heavy atom. The molecule has 0 fully saturated rings. The predicted molar refractivity (Wildman–Crippen MR) is 332 cm³/mol. The summed E-state index contributed by atoms with van der Waals surface area (Å²) < 4.78 is 176. The quantitative estimate of drug-likeness (QED) is 0.0298. The number of hydrogen-bond acceptors (Lipinski definition) is 23. The first-order chi connectivity index (χ1) is 42.3. The van der Waals surface area contributed by atoms with E-state index in [0.29, 0.717) is 28.1 Å². The highest BCUT2D eigenvalue weighted by molar-refractivity contribution is 7.87. The molecule has 28 nitrogen and oxygen atoms in total. The van der Waals surface area contributed by atoms with E-state index in [1.807, 2.05) is 0 Å². The average Bonchev–Trinajstić information content (AvgIpc) is 0.767. The molecule has 1 aromatic heterocycles. The van der Waals surface area contributed by atoms with Gasteiger partial charge in [0.05, 0.1) is 22.0 Å². The molecule has 0 radical (unpaired) electrons. The standard InChI is InChI=1S/C55H37Cl2N11O17S5/c56-31-23-35(25-36(24-31)59-40-9-3-7-29-21-44(88(77,78)79)49(50(69)46(29)40)68-66-41-18-11-27-5-1-2-8-39(27)52(41)90(83,84)85)58-32-12-14-33(15-13-32)60-54-62-53(57)63-55(64-54)61-42-26-37(86(71,72)73)20-30-22-45(89(80,81)82)48(51(70)47(30)42)67-65-34-16-17-38-28(19-34)6-4-10-43(38)87(74,75)76/h1-26,58-59,69-70H,(H,71,72,73)(H,74,75,76)(H,77,78,79)(H,80,81,82)(H,83,84,85)(H2,60,61,62,63,64). The lowest BCUT2D eigenvalue weighted by Gasteiger charge is -2.16.